The van der Waals surface area contributed by atoms with Crippen LogP contribution in [-0.2, 0) is 0 Å². The molecule has 1 saturated heterocycles. The largest absolute Gasteiger partial charge is 0.381 e. The zero-order valence-corrected chi connectivity index (χ0v) is 14.1. The molecule has 23 heavy (non-hydrogen) atoms. The van der Waals surface area contributed by atoms with Crippen LogP contribution in [0.3, 0.4) is 0 Å². The van der Waals surface area contributed by atoms with E-state index in [1.165, 1.54) is 0 Å². The van der Waals surface area contributed by atoms with E-state index in [-0.39, 0.29) is 0 Å². The molecule has 1 aromatic carbocycles. The standard InChI is InChI=1S/C16H17BrN6/c17-12-8-18-16(19-9-12)23-5-1-2-14(10-23)21-13-3-4-15-11(6-13)7-20-22-15/h3-4,6-9,14,21H,1-2,5,10H2,(H,20,22). The lowest BCUT2D eigenvalue weighted by molar-refractivity contribution is 0.523. The first-order chi connectivity index (χ1) is 11.3. The minimum atomic E-state index is 0.389. The smallest absolute Gasteiger partial charge is 0.225 e. The van der Waals surface area contributed by atoms with Crippen molar-refractivity contribution in [3.63, 3.8) is 0 Å². The summed E-state index contributed by atoms with van der Waals surface area (Å²) in [6.45, 7) is 1.91. The number of hydrogen-bond acceptors (Lipinski definition) is 5. The van der Waals surface area contributed by atoms with E-state index in [9.17, 15) is 0 Å². The summed E-state index contributed by atoms with van der Waals surface area (Å²) in [5.41, 5.74) is 2.19. The summed E-state index contributed by atoms with van der Waals surface area (Å²) < 4.78 is 0.904. The Hall–Kier alpha value is -2.15. The average molecular weight is 373 g/mol. The van der Waals surface area contributed by atoms with Crippen LogP contribution in [-0.4, -0.2) is 39.3 Å². The first-order valence-electron chi connectivity index (χ1n) is 7.70. The third-order valence-corrected chi connectivity index (χ3v) is 4.53. The van der Waals surface area contributed by atoms with Crippen molar-refractivity contribution in [2.45, 2.75) is 18.9 Å². The van der Waals surface area contributed by atoms with Crippen LogP contribution < -0.4 is 10.2 Å². The minimum Gasteiger partial charge on any atom is -0.381 e. The van der Waals surface area contributed by atoms with Crippen LogP contribution in [0.4, 0.5) is 11.6 Å². The molecule has 1 aliphatic heterocycles. The number of anilines is 2. The molecule has 1 unspecified atom stereocenters. The van der Waals surface area contributed by atoms with Crippen LogP contribution in [0.25, 0.3) is 10.9 Å². The maximum Gasteiger partial charge on any atom is 0.225 e. The molecular formula is C16H17BrN6. The lowest BCUT2D eigenvalue weighted by Gasteiger charge is -2.33. The number of benzene rings is 1. The summed E-state index contributed by atoms with van der Waals surface area (Å²) in [6, 6.07) is 6.67. The van der Waals surface area contributed by atoms with Crippen molar-refractivity contribution in [1.82, 2.24) is 20.2 Å². The SMILES string of the molecule is Brc1cnc(N2CCCC(Nc3ccc4[nH]ncc4c3)C2)nc1. The van der Waals surface area contributed by atoms with Gasteiger partial charge in [0.2, 0.25) is 5.95 Å². The molecule has 3 aromatic rings. The molecule has 0 bridgehead atoms. The number of aromatic nitrogens is 4. The van der Waals surface area contributed by atoms with Crippen molar-refractivity contribution in [2.75, 3.05) is 23.3 Å². The number of piperidine rings is 1. The summed E-state index contributed by atoms with van der Waals surface area (Å²) in [4.78, 5) is 11.1. The zero-order valence-electron chi connectivity index (χ0n) is 12.5. The lowest BCUT2D eigenvalue weighted by atomic mass is 10.1. The van der Waals surface area contributed by atoms with E-state index in [1.54, 1.807) is 12.4 Å². The van der Waals surface area contributed by atoms with Gasteiger partial charge in [-0.15, -0.1) is 0 Å². The Morgan fingerprint density at radius 3 is 2.96 bits per heavy atom. The Kier molecular flexibility index (Phi) is 3.87. The molecule has 0 radical (unpaired) electrons. The summed E-state index contributed by atoms with van der Waals surface area (Å²) in [5.74, 6) is 0.796. The normalized spacial score (nSPS) is 18.3. The number of fused-ring (bicyclic) bond motifs is 1. The van der Waals surface area contributed by atoms with Gasteiger partial charge in [0.25, 0.3) is 0 Å². The van der Waals surface area contributed by atoms with Gasteiger partial charge in [-0.05, 0) is 47.0 Å². The maximum atomic E-state index is 4.41. The molecule has 4 rings (SSSR count). The number of halogens is 1. The van der Waals surface area contributed by atoms with Gasteiger partial charge < -0.3 is 10.2 Å². The van der Waals surface area contributed by atoms with Crippen molar-refractivity contribution in [3.8, 4) is 0 Å². The van der Waals surface area contributed by atoms with Crippen LogP contribution in [0.2, 0.25) is 0 Å². The summed E-state index contributed by atoms with van der Waals surface area (Å²) in [7, 11) is 0. The van der Waals surface area contributed by atoms with Gasteiger partial charge in [0, 0.05) is 42.6 Å². The van der Waals surface area contributed by atoms with Gasteiger partial charge in [-0.1, -0.05) is 0 Å². The highest BCUT2D eigenvalue weighted by Crippen LogP contribution is 2.22. The topological polar surface area (TPSA) is 69.7 Å². The van der Waals surface area contributed by atoms with E-state index in [0.29, 0.717) is 6.04 Å². The van der Waals surface area contributed by atoms with Crippen LogP contribution in [0.5, 0.6) is 0 Å². The molecule has 2 aromatic heterocycles. The molecule has 1 aliphatic rings. The van der Waals surface area contributed by atoms with Crippen LogP contribution in [0.1, 0.15) is 12.8 Å². The molecule has 1 fully saturated rings. The predicted octanol–water partition coefficient (Wildman–Crippen LogP) is 3.20. The molecule has 0 spiro atoms. The van der Waals surface area contributed by atoms with Crippen molar-refractivity contribution in [1.29, 1.82) is 0 Å². The molecule has 6 nitrogen and oxygen atoms in total. The van der Waals surface area contributed by atoms with Crippen molar-refractivity contribution < 1.29 is 0 Å². The fourth-order valence-corrected chi connectivity index (χ4v) is 3.22. The number of hydrogen-bond donors (Lipinski definition) is 2. The second-order valence-electron chi connectivity index (χ2n) is 5.80. The van der Waals surface area contributed by atoms with E-state index in [4.69, 9.17) is 0 Å². The van der Waals surface area contributed by atoms with Gasteiger partial charge in [0.1, 0.15) is 0 Å². The van der Waals surface area contributed by atoms with Crippen LogP contribution >= 0.6 is 15.9 Å². The Bertz CT molecular complexity index is 800. The fraction of sp³-hybridized carbons (Fsp3) is 0.312. The fourth-order valence-electron chi connectivity index (χ4n) is 3.01. The van der Waals surface area contributed by atoms with Crippen molar-refractivity contribution >= 4 is 38.5 Å². The second-order valence-corrected chi connectivity index (χ2v) is 6.72. The van der Waals surface area contributed by atoms with E-state index in [2.05, 4.69) is 64.5 Å². The maximum absolute atomic E-state index is 4.41. The molecule has 3 heterocycles. The highest BCUT2D eigenvalue weighted by molar-refractivity contribution is 9.10. The Balaban J connectivity index is 1.47. The molecule has 118 valence electrons. The van der Waals surface area contributed by atoms with Crippen LogP contribution in [0, 0.1) is 0 Å². The molecule has 0 saturated carbocycles. The number of nitrogens with zero attached hydrogens (tertiary/aromatic N) is 4. The summed E-state index contributed by atoms with van der Waals surface area (Å²) >= 11 is 3.38. The third-order valence-electron chi connectivity index (χ3n) is 4.12. The van der Waals surface area contributed by atoms with Gasteiger partial charge in [0.05, 0.1) is 16.2 Å². The second kappa shape index (κ2) is 6.16. The monoisotopic (exact) mass is 372 g/mol. The summed E-state index contributed by atoms with van der Waals surface area (Å²) in [6.07, 6.45) is 7.73. The lowest BCUT2D eigenvalue weighted by Crippen LogP contribution is -2.42. The first kappa shape index (κ1) is 14.4. The highest BCUT2D eigenvalue weighted by Gasteiger charge is 2.21. The van der Waals surface area contributed by atoms with E-state index >= 15 is 0 Å². The van der Waals surface area contributed by atoms with Crippen LogP contribution in [0.15, 0.2) is 41.3 Å². The van der Waals surface area contributed by atoms with Crippen molar-refractivity contribution in [3.05, 3.63) is 41.3 Å². The van der Waals surface area contributed by atoms with Gasteiger partial charge in [-0.25, -0.2) is 9.97 Å². The Morgan fingerprint density at radius 2 is 2.09 bits per heavy atom. The molecule has 0 aliphatic carbocycles. The highest BCUT2D eigenvalue weighted by atomic mass is 79.9. The molecule has 1 atom stereocenters. The number of nitrogens with one attached hydrogen (secondary N) is 2. The van der Waals surface area contributed by atoms with Crippen molar-refractivity contribution in [2.24, 2.45) is 0 Å². The third kappa shape index (κ3) is 3.14. The molecule has 0 amide bonds. The number of rotatable bonds is 3. The van der Waals surface area contributed by atoms with Gasteiger partial charge in [-0.2, -0.15) is 5.10 Å². The van der Waals surface area contributed by atoms with E-state index in [0.717, 1.165) is 52.9 Å². The minimum absolute atomic E-state index is 0.389. The molecular weight excluding hydrogens is 356 g/mol. The predicted molar refractivity (Wildman–Crippen MR) is 94.7 cm³/mol. The van der Waals surface area contributed by atoms with Gasteiger partial charge in [0.15, 0.2) is 0 Å². The molecule has 2 N–H and O–H groups in total. The average Bonchev–Trinajstić information content (AvgIpc) is 3.03. The number of aromatic amines is 1. The summed E-state index contributed by atoms with van der Waals surface area (Å²) in [5, 5.41) is 11.8. The van der Waals surface area contributed by atoms with E-state index < -0.39 is 0 Å². The van der Waals surface area contributed by atoms with Gasteiger partial charge >= 0.3 is 0 Å². The quantitative estimate of drug-likeness (QED) is 0.738. The zero-order chi connectivity index (χ0) is 15.6. The van der Waals surface area contributed by atoms with E-state index in [1.807, 2.05) is 6.20 Å². The molecule has 7 heteroatoms. The number of H-pyrrole nitrogens is 1. The Labute approximate surface area is 142 Å². The first-order valence-corrected chi connectivity index (χ1v) is 8.49. The Morgan fingerprint density at radius 1 is 1.22 bits per heavy atom. The van der Waals surface area contributed by atoms with Gasteiger partial charge in [-0.3, -0.25) is 5.10 Å².